The van der Waals surface area contributed by atoms with Crippen molar-refractivity contribution in [2.75, 3.05) is 20.1 Å². The number of benzene rings is 1. The molecule has 9 heteroatoms. The van der Waals surface area contributed by atoms with Gasteiger partial charge >= 0.3 is 0 Å². The van der Waals surface area contributed by atoms with Crippen LogP contribution in [0.4, 0.5) is 0 Å². The zero-order valence-electron chi connectivity index (χ0n) is 22.3. The van der Waals surface area contributed by atoms with Gasteiger partial charge in [-0.15, -0.1) is 0 Å². The number of nitrogens with zero attached hydrogens (tertiary/aromatic N) is 2. The van der Waals surface area contributed by atoms with Crippen molar-refractivity contribution in [3.8, 4) is 0 Å². The van der Waals surface area contributed by atoms with Crippen LogP contribution in [0.3, 0.4) is 0 Å². The smallest absolute Gasteiger partial charge is 0.239 e. The largest absolute Gasteiger partial charge is 0.350 e. The number of rotatable bonds is 7. The van der Waals surface area contributed by atoms with Crippen LogP contribution in [0.15, 0.2) is 30.3 Å². The van der Waals surface area contributed by atoms with Crippen LogP contribution in [0, 0.1) is 23.7 Å². The summed E-state index contributed by atoms with van der Waals surface area (Å²) in [6.45, 7) is 6.65. The number of carbonyl (C=O) groups excluding carboxylic acids is 3. The highest BCUT2D eigenvalue weighted by molar-refractivity contribution is 5.85. The van der Waals surface area contributed by atoms with Crippen LogP contribution in [-0.4, -0.2) is 65.3 Å². The molecule has 0 radical (unpaired) electrons. The topological polar surface area (TPSA) is 97.4 Å². The van der Waals surface area contributed by atoms with E-state index in [0.717, 1.165) is 24.8 Å². The highest BCUT2D eigenvalue weighted by Gasteiger charge is 2.70. The Bertz CT molecular complexity index is 1040. The van der Waals surface area contributed by atoms with Crippen molar-refractivity contribution in [3.63, 3.8) is 0 Å². The second-order valence-corrected chi connectivity index (χ2v) is 11.5. The Kier molecular flexibility index (Phi) is 7.06. The van der Waals surface area contributed by atoms with Gasteiger partial charge in [0.05, 0.1) is 6.54 Å². The molecule has 4 heterocycles. The number of nitrogens with one attached hydrogen (secondary N) is 1. The number of ether oxygens (including phenoxy) is 1. The SMILES string of the molecule is C[C@H]1CCC2[C@@H](C)C(=O)N(CCC(=O)N(C)CC(=O)NCc3ccccc3)C3O[C@]4(C)CCC1[C@@]23OO4. The van der Waals surface area contributed by atoms with Gasteiger partial charge in [0, 0.05) is 44.8 Å². The van der Waals surface area contributed by atoms with Crippen LogP contribution in [-0.2, 0) is 35.4 Å². The summed E-state index contributed by atoms with van der Waals surface area (Å²) in [5.74, 6) is -0.967. The van der Waals surface area contributed by atoms with E-state index >= 15 is 0 Å². The summed E-state index contributed by atoms with van der Waals surface area (Å²) in [6, 6.07) is 9.62. The second kappa shape index (κ2) is 10.0. The molecule has 5 aliphatic rings. The maximum Gasteiger partial charge on any atom is 0.239 e. The average Bonchev–Trinajstić information content (AvgIpc) is 3.12. The van der Waals surface area contributed by atoms with Gasteiger partial charge in [-0.05, 0) is 43.6 Å². The quantitative estimate of drug-likeness (QED) is 0.563. The molecular weight excluding hydrogens is 474 g/mol. The first-order valence-corrected chi connectivity index (χ1v) is 13.5. The Labute approximate surface area is 218 Å². The minimum Gasteiger partial charge on any atom is -0.350 e. The lowest BCUT2D eigenvalue weighted by Gasteiger charge is -2.61. The van der Waals surface area contributed by atoms with Crippen LogP contribution in [0.2, 0.25) is 0 Å². The van der Waals surface area contributed by atoms with E-state index in [1.165, 1.54) is 4.90 Å². The number of piperidine rings is 1. The normalized spacial score (nSPS) is 36.5. The lowest BCUT2D eigenvalue weighted by atomic mass is 9.57. The zero-order valence-corrected chi connectivity index (χ0v) is 22.3. The summed E-state index contributed by atoms with van der Waals surface area (Å²) < 4.78 is 6.51. The molecule has 1 aliphatic carbocycles. The fourth-order valence-corrected chi connectivity index (χ4v) is 6.94. The maximum atomic E-state index is 13.6. The molecule has 1 aromatic carbocycles. The standard InChI is InChI=1S/C28H39N3O6/c1-18-10-11-22-19(2)25(34)31(26-28(22)21(18)12-14-27(3,35-26)36-37-28)15-13-24(33)30(4)17-23(32)29-16-20-8-6-5-7-9-20/h5-9,18-19,21-22,26H,10-17H2,1-4H3,(H,29,32)/t18-,19+,21?,22?,26?,27-,28+/m0/s1. The highest BCUT2D eigenvalue weighted by atomic mass is 17.3. The van der Waals surface area contributed by atoms with Crippen LogP contribution >= 0.6 is 0 Å². The Morgan fingerprint density at radius 1 is 1.11 bits per heavy atom. The predicted molar refractivity (Wildman–Crippen MR) is 134 cm³/mol. The van der Waals surface area contributed by atoms with Gasteiger partial charge in [-0.25, -0.2) is 9.78 Å². The number of hydrogen-bond acceptors (Lipinski definition) is 6. The van der Waals surface area contributed by atoms with Crippen molar-refractivity contribution >= 4 is 17.7 Å². The predicted octanol–water partition coefficient (Wildman–Crippen LogP) is 2.85. The summed E-state index contributed by atoms with van der Waals surface area (Å²) in [5.41, 5.74) is 0.265. The number of likely N-dealkylation sites (tertiary alicyclic amines) is 1. The van der Waals surface area contributed by atoms with Gasteiger partial charge < -0.3 is 19.9 Å². The van der Waals surface area contributed by atoms with Gasteiger partial charge in [-0.1, -0.05) is 44.2 Å². The lowest BCUT2D eigenvalue weighted by Crippen LogP contribution is -2.75. The first kappa shape index (κ1) is 26.1. The molecule has 4 aliphatic heterocycles. The number of fused-ring (bicyclic) bond motifs is 2. The maximum absolute atomic E-state index is 13.6. The Morgan fingerprint density at radius 2 is 1.86 bits per heavy atom. The first-order chi connectivity index (χ1) is 17.6. The minimum atomic E-state index is -0.922. The van der Waals surface area contributed by atoms with Crippen LogP contribution in [0.25, 0.3) is 0 Å². The minimum absolute atomic E-state index is 0.00950. The van der Waals surface area contributed by atoms with E-state index in [9.17, 15) is 14.4 Å². The molecule has 2 bridgehead atoms. The van der Waals surface area contributed by atoms with E-state index in [1.807, 2.05) is 44.2 Å². The molecule has 0 aromatic heterocycles. The molecule has 37 heavy (non-hydrogen) atoms. The number of hydrogen-bond donors (Lipinski definition) is 1. The zero-order chi connectivity index (χ0) is 26.4. The molecule has 3 unspecified atom stereocenters. The van der Waals surface area contributed by atoms with Crippen molar-refractivity contribution < 1.29 is 28.9 Å². The summed E-state index contributed by atoms with van der Waals surface area (Å²) in [7, 11) is 1.61. The van der Waals surface area contributed by atoms with E-state index < -0.39 is 17.6 Å². The number of likely N-dealkylation sites (N-methyl/N-ethyl adjacent to an activating group) is 1. The Morgan fingerprint density at radius 3 is 2.62 bits per heavy atom. The third kappa shape index (κ3) is 4.66. The molecular formula is C28H39N3O6. The van der Waals surface area contributed by atoms with Crippen LogP contribution in [0.5, 0.6) is 0 Å². The monoisotopic (exact) mass is 513 g/mol. The average molecular weight is 514 g/mol. The third-order valence-electron chi connectivity index (χ3n) is 9.06. The van der Waals surface area contributed by atoms with E-state index in [-0.39, 0.29) is 55.0 Å². The number of amides is 3. The summed E-state index contributed by atoms with van der Waals surface area (Å²) in [6.07, 6.45) is 3.05. The molecule has 6 rings (SSSR count). The molecule has 9 nitrogen and oxygen atoms in total. The fraction of sp³-hybridized carbons (Fsp3) is 0.679. The van der Waals surface area contributed by atoms with Crippen LogP contribution < -0.4 is 5.32 Å². The van der Waals surface area contributed by atoms with Crippen molar-refractivity contribution in [3.05, 3.63) is 35.9 Å². The van der Waals surface area contributed by atoms with E-state index in [1.54, 1.807) is 11.9 Å². The molecule has 1 spiro atoms. The molecule has 1 aromatic rings. The molecule has 1 saturated carbocycles. The second-order valence-electron chi connectivity index (χ2n) is 11.5. The first-order valence-electron chi connectivity index (χ1n) is 13.5. The Balaban J connectivity index is 1.25. The fourth-order valence-electron chi connectivity index (χ4n) is 6.94. The molecule has 7 atom stereocenters. The molecule has 4 saturated heterocycles. The highest BCUT2D eigenvalue weighted by Crippen LogP contribution is 2.60. The third-order valence-corrected chi connectivity index (χ3v) is 9.06. The summed E-state index contributed by atoms with van der Waals surface area (Å²) in [5, 5.41) is 2.85. The van der Waals surface area contributed by atoms with Gasteiger partial charge in [-0.3, -0.25) is 14.4 Å². The number of carbonyl (C=O) groups is 3. The van der Waals surface area contributed by atoms with Gasteiger partial charge in [0.2, 0.25) is 23.5 Å². The van der Waals surface area contributed by atoms with Gasteiger partial charge in [0.15, 0.2) is 11.8 Å². The summed E-state index contributed by atoms with van der Waals surface area (Å²) >= 11 is 0. The Hall–Kier alpha value is -2.49. The molecule has 5 fully saturated rings. The van der Waals surface area contributed by atoms with E-state index in [2.05, 4.69) is 12.2 Å². The van der Waals surface area contributed by atoms with E-state index in [0.29, 0.717) is 18.9 Å². The van der Waals surface area contributed by atoms with Gasteiger partial charge in [0.1, 0.15) is 0 Å². The molecule has 1 N–H and O–H groups in total. The van der Waals surface area contributed by atoms with Gasteiger partial charge in [-0.2, -0.15) is 0 Å². The molecule has 202 valence electrons. The van der Waals surface area contributed by atoms with Crippen molar-refractivity contribution in [2.24, 2.45) is 23.7 Å². The van der Waals surface area contributed by atoms with Crippen molar-refractivity contribution in [1.82, 2.24) is 15.1 Å². The van der Waals surface area contributed by atoms with Crippen LogP contribution in [0.1, 0.15) is 58.4 Å². The van der Waals surface area contributed by atoms with Crippen molar-refractivity contribution in [2.45, 2.75) is 77.0 Å². The van der Waals surface area contributed by atoms with Crippen molar-refractivity contribution in [1.29, 1.82) is 0 Å². The summed E-state index contributed by atoms with van der Waals surface area (Å²) in [4.78, 5) is 54.2. The van der Waals surface area contributed by atoms with Gasteiger partial charge in [0.25, 0.3) is 0 Å². The van der Waals surface area contributed by atoms with E-state index in [4.69, 9.17) is 14.5 Å². The lowest BCUT2D eigenvalue weighted by molar-refractivity contribution is -0.547. The molecule has 3 amide bonds.